The van der Waals surface area contributed by atoms with E-state index in [1.165, 1.54) is 23.9 Å². The number of nitro groups is 1. The molecule has 182 valence electrons. The van der Waals surface area contributed by atoms with E-state index in [1.54, 1.807) is 24.1 Å². The van der Waals surface area contributed by atoms with Gasteiger partial charge in [0.25, 0.3) is 5.69 Å². The third-order valence-electron chi connectivity index (χ3n) is 5.90. The van der Waals surface area contributed by atoms with Gasteiger partial charge in [0.05, 0.1) is 28.6 Å². The number of para-hydroxylation sites is 1. The van der Waals surface area contributed by atoms with Crippen LogP contribution < -0.4 is 10.0 Å². The van der Waals surface area contributed by atoms with Crippen LogP contribution in [-0.4, -0.2) is 28.3 Å². The van der Waals surface area contributed by atoms with Crippen LogP contribution in [0.3, 0.4) is 0 Å². The number of carbonyl (C=O) groups excluding carboxylic acids is 1. The van der Waals surface area contributed by atoms with Gasteiger partial charge in [-0.15, -0.1) is 0 Å². The lowest BCUT2D eigenvalue weighted by molar-refractivity contribution is -0.384. The maximum absolute atomic E-state index is 12.9. The fourth-order valence-corrected chi connectivity index (χ4v) is 5.61. The third-order valence-corrected chi connectivity index (χ3v) is 7.20. The van der Waals surface area contributed by atoms with Gasteiger partial charge in [-0.05, 0) is 49.4 Å². The van der Waals surface area contributed by atoms with Crippen LogP contribution in [0.1, 0.15) is 31.4 Å². The maximum Gasteiger partial charge on any atom is 0.365 e. The minimum atomic E-state index is -1.12. The Morgan fingerprint density at radius 3 is 2.25 bits per heavy atom. The second-order valence-electron chi connectivity index (χ2n) is 8.01. The first-order valence-corrected chi connectivity index (χ1v) is 12.3. The molecule has 0 bridgehead atoms. The third kappa shape index (κ3) is 3.79. The monoisotopic (exact) mass is 501 g/mol. The normalized spacial score (nSPS) is 18.5. The number of thioether (sulfide) groups is 1. The molecule has 2 aliphatic rings. The summed E-state index contributed by atoms with van der Waals surface area (Å²) in [6, 6.07) is 23.7. The molecular formula is C26H23N5O4S. The zero-order valence-electron chi connectivity index (χ0n) is 19.7. The Labute approximate surface area is 212 Å². The van der Waals surface area contributed by atoms with Crippen molar-refractivity contribution < 1.29 is 14.5 Å². The van der Waals surface area contributed by atoms with Crippen molar-refractivity contribution in [3.05, 3.63) is 100 Å². The van der Waals surface area contributed by atoms with E-state index in [0.717, 1.165) is 22.5 Å². The van der Waals surface area contributed by atoms with Gasteiger partial charge in [0.2, 0.25) is 10.0 Å². The highest BCUT2D eigenvalue weighted by molar-refractivity contribution is 8.16. The fourth-order valence-electron chi connectivity index (χ4n) is 4.32. The SMILES string of the molecule is CCOC(=O)C1=NN(c2ccc([N+](=O)[O-])cc2)[C@@]2(S1)c1ccccc1C(CC)=NN2c1ccccc1. The number of ether oxygens (including phenoxy) is 1. The molecule has 1 atom stereocenters. The van der Waals surface area contributed by atoms with E-state index in [0.29, 0.717) is 12.1 Å². The van der Waals surface area contributed by atoms with Gasteiger partial charge in [0.1, 0.15) is 0 Å². The molecule has 0 amide bonds. The number of hydrazone groups is 2. The minimum Gasteiger partial charge on any atom is -0.461 e. The average Bonchev–Trinajstić information content (AvgIpc) is 3.31. The predicted molar refractivity (Wildman–Crippen MR) is 141 cm³/mol. The van der Waals surface area contributed by atoms with E-state index < -0.39 is 15.9 Å². The first kappa shape index (κ1) is 23.6. The number of anilines is 2. The molecule has 36 heavy (non-hydrogen) atoms. The van der Waals surface area contributed by atoms with Crippen molar-refractivity contribution in [1.82, 2.24) is 0 Å². The molecule has 2 aliphatic heterocycles. The predicted octanol–water partition coefficient (Wildman–Crippen LogP) is 5.47. The molecule has 0 saturated heterocycles. The Morgan fingerprint density at radius 2 is 1.58 bits per heavy atom. The van der Waals surface area contributed by atoms with E-state index in [1.807, 2.05) is 66.5 Å². The summed E-state index contributed by atoms with van der Waals surface area (Å²) in [6.07, 6.45) is 0.699. The van der Waals surface area contributed by atoms with Crippen molar-refractivity contribution >= 4 is 45.5 Å². The van der Waals surface area contributed by atoms with Crippen molar-refractivity contribution in [2.45, 2.75) is 25.3 Å². The largest absolute Gasteiger partial charge is 0.461 e. The number of hydrogen-bond donors (Lipinski definition) is 0. The molecule has 0 aliphatic carbocycles. The summed E-state index contributed by atoms with van der Waals surface area (Å²) in [6.45, 7) is 4.00. The van der Waals surface area contributed by atoms with E-state index in [2.05, 4.69) is 0 Å². The molecule has 5 rings (SSSR count). The number of fused-ring (bicyclic) bond motifs is 2. The number of non-ortho nitro benzene ring substituents is 1. The summed E-state index contributed by atoms with van der Waals surface area (Å²) in [4.78, 5) is 22.6. The number of nitrogens with zero attached hydrogens (tertiary/aromatic N) is 5. The van der Waals surface area contributed by atoms with E-state index in [4.69, 9.17) is 14.9 Å². The van der Waals surface area contributed by atoms with Crippen molar-refractivity contribution in [3.63, 3.8) is 0 Å². The molecule has 1 spiro atoms. The van der Waals surface area contributed by atoms with Gasteiger partial charge in [-0.3, -0.25) is 10.1 Å². The molecule has 3 aromatic carbocycles. The maximum atomic E-state index is 12.9. The highest BCUT2D eigenvalue weighted by Crippen LogP contribution is 2.54. The summed E-state index contributed by atoms with van der Waals surface area (Å²) in [5, 5.41) is 24.8. The highest BCUT2D eigenvalue weighted by Gasteiger charge is 2.56. The van der Waals surface area contributed by atoms with Crippen LogP contribution in [0.25, 0.3) is 0 Å². The number of carbonyl (C=O) groups is 1. The summed E-state index contributed by atoms with van der Waals surface area (Å²) >= 11 is 1.24. The number of rotatable bonds is 6. The Bertz CT molecular complexity index is 1380. The summed E-state index contributed by atoms with van der Waals surface area (Å²) in [5.74, 6) is -0.540. The Balaban J connectivity index is 1.77. The van der Waals surface area contributed by atoms with Crippen LogP contribution in [0.15, 0.2) is 89.1 Å². The van der Waals surface area contributed by atoms with Crippen LogP contribution >= 0.6 is 11.8 Å². The smallest absolute Gasteiger partial charge is 0.365 e. The van der Waals surface area contributed by atoms with Crippen LogP contribution in [-0.2, 0) is 14.5 Å². The molecular weight excluding hydrogens is 478 g/mol. The van der Waals surface area contributed by atoms with Crippen molar-refractivity contribution in [3.8, 4) is 0 Å². The van der Waals surface area contributed by atoms with Crippen molar-refractivity contribution in [2.24, 2.45) is 10.2 Å². The molecule has 0 aromatic heterocycles. The van der Waals surface area contributed by atoms with E-state index in [9.17, 15) is 14.9 Å². The first-order chi connectivity index (χ1) is 17.5. The van der Waals surface area contributed by atoms with Gasteiger partial charge in [-0.1, -0.05) is 49.4 Å². The van der Waals surface area contributed by atoms with Crippen LogP contribution in [0, 0.1) is 10.1 Å². The molecule has 3 aromatic rings. The van der Waals surface area contributed by atoms with Gasteiger partial charge in [-0.25, -0.2) is 14.8 Å². The number of hydrogen-bond acceptors (Lipinski definition) is 9. The molecule has 9 nitrogen and oxygen atoms in total. The fraction of sp³-hybridized carbons (Fsp3) is 0.192. The van der Waals surface area contributed by atoms with Crippen LogP contribution in [0.4, 0.5) is 17.1 Å². The number of benzene rings is 3. The lowest BCUT2D eigenvalue weighted by Gasteiger charge is -2.47. The van der Waals surface area contributed by atoms with Crippen LogP contribution in [0.5, 0.6) is 0 Å². The van der Waals surface area contributed by atoms with Gasteiger partial charge >= 0.3 is 5.97 Å². The lowest BCUT2D eigenvalue weighted by Crippen LogP contribution is -2.54. The second kappa shape index (κ2) is 9.46. The summed E-state index contributed by atoms with van der Waals surface area (Å²) in [7, 11) is 0. The summed E-state index contributed by atoms with van der Waals surface area (Å²) in [5.41, 5.74) is 4.08. The quantitative estimate of drug-likeness (QED) is 0.251. The molecule has 2 heterocycles. The molecule has 0 fully saturated rings. The van der Waals surface area contributed by atoms with Crippen molar-refractivity contribution in [2.75, 3.05) is 16.6 Å². The lowest BCUT2D eigenvalue weighted by atomic mass is 9.96. The van der Waals surface area contributed by atoms with Crippen LogP contribution in [0.2, 0.25) is 0 Å². The second-order valence-corrected chi connectivity index (χ2v) is 9.17. The molecule has 0 saturated carbocycles. The summed E-state index contributed by atoms with van der Waals surface area (Å²) < 4.78 is 5.30. The van der Waals surface area contributed by atoms with Gasteiger partial charge in [-0.2, -0.15) is 10.2 Å². The zero-order chi connectivity index (χ0) is 25.3. The molecule has 0 radical (unpaired) electrons. The average molecular weight is 502 g/mol. The van der Waals surface area contributed by atoms with Crippen molar-refractivity contribution in [1.29, 1.82) is 0 Å². The van der Waals surface area contributed by atoms with E-state index in [-0.39, 0.29) is 17.3 Å². The van der Waals surface area contributed by atoms with Gasteiger partial charge in [0, 0.05) is 23.3 Å². The number of esters is 1. The highest BCUT2D eigenvalue weighted by atomic mass is 32.2. The number of nitro benzene ring substituents is 1. The molecule has 0 N–H and O–H groups in total. The minimum absolute atomic E-state index is 0.0375. The standard InChI is InChI=1S/C26H23N5O4S/c1-3-23-21-12-8-9-13-22(21)26(29(27-23)18-10-6-5-7-11-18)30(28-24(36-26)25(32)35-4-2)19-14-16-20(17-15-19)31(33)34/h5-17H,3-4H2,1-2H3/t26-/m1/s1. The Kier molecular flexibility index (Phi) is 6.19. The van der Waals surface area contributed by atoms with E-state index >= 15 is 0 Å². The Morgan fingerprint density at radius 1 is 0.944 bits per heavy atom. The first-order valence-electron chi connectivity index (χ1n) is 11.5. The van der Waals surface area contributed by atoms with Gasteiger partial charge in [0.15, 0.2) is 0 Å². The molecule has 10 heteroatoms. The Hall–Kier alpha value is -4.18. The topological polar surface area (TPSA) is 101 Å². The van der Waals surface area contributed by atoms with Gasteiger partial charge < -0.3 is 4.74 Å². The molecule has 0 unspecified atom stereocenters. The zero-order valence-corrected chi connectivity index (χ0v) is 20.5.